The molecule has 0 saturated heterocycles. The summed E-state index contributed by atoms with van der Waals surface area (Å²) in [4.78, 5) is 18.4. The summed E-state index contributed by atoms with van der Waals surface area (Å²) in [5.74, 6) is 0.149. The van der Waals surface area contributed by atoms with Gasteiger partial charge in [-0.25, -0.2) is 4.98 Å². The lowest BCUT2D eigenvalue weighted by molar-refractivity contribution is 0.0666. The molecule has 1 atom stereocenters. The summed E-state index contributed by atoms with van der Waals surface area (Å²) in [5.41, 5.74) is 2.10. The van der Waals surface area contributed by atoms with Crippen LogP contribution in [0.3, 0.4) is 0 Å². The Labute approximate surface area is 128 Å². The van der Waals surface area contributed by atoms with E-state index in [4.69, 9.17) is 4.74 Å². The van der Waals surface area contributed by atoms with Gasteiger partial charge in [-0.05, 0) is 6.92 Å². The summed E-state index contributed by atoms with van der Waals surface area (Å²) in [5, 5.41) is 8.70. The van der Waals surface area contributed by atoms with Crippen molar-refractivity contribution in [1.82, 2.24) is 29.4 Å². The van der Waals surface area contributed by atoms with Crippen LogP contribution in [0.5, 0.6) is 0 Å². The zero-order valence-corrected chi connectivity index (χ0v) is 13.1. The third-order valence-corrected chi connectivity index (χ3v) is 3.83. The van der Waals surface area contributed by atoms with E-state index in [1.54, 1.807) is 19.1 Å². The van der Waals surface area contributed by atoms with Crippen molar-refractivity contribution in [2.75, 3.05) is 20.3 Å². The molecule has 1 aliphatic rings. The molecule has 3 rings (SSSR count). The second kappa shape index (κ2) is 5.88. The van der Waals surface area contributed by atoms with E-state index in [0.29, 0.717) is 19.7 Å². The normalized spacial score (nSPS) is 17.6. The van der Waals surface area contributed by atoms with Crippen molar-refractivity contribution in [3.63, 3.8) is 0 Å². The van der Waals surface area contributed by atoms with E-state index >= 15 is 0 Å². The van der Waals surface area contributed by atoms with Crippen molar-refractivity contribution < 1.29 is 9.53 Å². The molecule has 2 aromatic heterocycles. The predicted octanol–water partition coefficient (Wildman–Crippen LogP) is 0.417. The van der Waals surface area contributed by atoms with Crippen molar-refractivity contribution in [2.45, 2.75) is 25.9 Å². The number of hydrogen-bond acceptors (Lipinski definition) is 5. The van der Waals surface area contributed by atoms with E-state index in [1.807, 2.05) is 17.8 Å². The number of carbonyl (C=O) groups excluding carboxylic acids is 1. The summed E-state index contributed by atoms with van der Waals surface area (Å²) in [6, 6.07) is 0. The molecule has 0 aromatic carbocycles. The summed E-state index contributed by atoms with van der Waals surface area (Å²) >= 11 is 0. The first-order valence-corrected chi connectivity index (χ1v) is 7.32. The Hall–Kier alpha value is -2.22. The molecule has 22 heavy (non-hydrogen) atoms. The molecule has 0 radical (unpaired) electrons. The van der Waals surface area contributed by atoms with Gasteiger partial charge in [0.25, 0.3) is 5.91 Å². The van der Waals surface area contributed by atoms with Crippen LogP contribution in [0.1, 0.15) is 34.7 Å². The third-order valence-electron chi connectivity index (χ3n) is 3.83. The zero-order valence-electron chi connectivity index (χ0n) is 13.1. The quantitative estimate of drug-likeness (QED) is 0.818. The molecule has 0 N–H and O–H groups in total. The van der Waals surface area contributed by atoms with Crippen molar-refractivity contribution in [3.8, 4) is 0 Å². The minimum Gasteiger partial charge on any atom is -0.384 e. The number of hydrogen-bond donors (Lipinski definition) is 0. The maximum absolute atomic E-state index is 12.6. The van der Waals surface area contributed by atoms with Gasteiger partial charge in [-0.1, -0.05) is 0 Å². The van der Waals surface area contributed by atoms with Crippen molar-refractivity contribution >= 4 is 5.91 Å². The monoisotopic (exact) mass is 304 g/mol. The van der Waals surface area contributed by atoms with E-state index in [2.05, 4.69) is 15.2 Å². The summed E-state index contributed by atoms with van der Waals surface area (Å²) in [7, 11) is 3.41. The van der Waals surface area contributed by atoms with Gasteiger partial charge in [-0.2, -0.15) is 5.10 Å². The Morgan fingerprint density at radius 1 is 1.45 bits per heavy atom. The fraction of sp³-hybridized carbons (Fsp3) is 0.571. The molecule has 3 heterocycles. The number of methoxy groups -OCH3 is 1. The van der Waals surface area contributed by atoms with Crippen LogP contribution in [0, 0.1) is 0 Å². The first-order valence-electron chi connectivity index (χ1n) is 7.32. The lowest BCUT2D eigenvalue weighted by Crippen LogP contribution is -2.39. The van der Waals surface area contributed by atoms with Crippen LogP contribution in [0.2, 0.25) is 0 Å². The Kier molecular flexibility index (Phi) is 3.93. The van der Waals surface area contributed by atoms with Gasteiger partial charge in [0.15, 0.2) is 0 Å². The number of rotatable bonds is 4. The van der Waals surface area contributed by atoms with E-state index in [0.717, 1.165) is 17.8 Å². The summed E-state index contributed by atoms with van der Waals surface area (Å²) in [6.45, 7) is 4.49. The number of aryl methyl sites for hydroxylation is 2. The molecule has 1 amide bonds. The smallest absolute Gasteiger partial charge is 0.293 e. The van der Waals surface area contributed by atoms with Gasteiger partial charge in [0, 0.05) is 51.5 Å². The SMILES string of the molecule is CCn1cc2c(n1)C(COC)CN(C(=O)c1ncn(C)n1)C2. The highest BCUT2D eigenvalue weighted by atomic mass is 16.5. The van der Waals surface area contributed by atoms with E-state index in [1.165, 1.54) is 11.0 Å². The number of aromatic nitrogens is 5. The number of ether oxygens (including phenoxy) is 1. The van der Waals surface area contributed by atoms with Gasteiger partial charge in [0.1, 0.15) is 6.33 Å². The second-order valence-electron chi connectivity index (χ2n) is 5.48. The highest BCUT2D eigenvalue weighted by Gasteiger charge is 2.32. The Balaban J connectivity index is 1.87. The molecule has 0 bridgehead atoms. The maximum Gasteiger partial charge on any atom is 0.293 e. The predicted molar refractivity (Wildman–Crippen MR) is 78.3 cm³/mol. The van der Waals surface area contributed by atoms with E-state index in [-0.39, 0.29) is 17.6 Å². The van der Waals surface area contributed by atoms with Gasteiger partial charge in [-0.3, -0.25) is 14.2 Å². The standard InChI is InChI=1S/C14H20N6O2/c1-4-20-7-10-5-19(6-11(8-22-3)12(10)16-20)14(21)13-15-9-18(2)17-13/h7,9,11H,4-6,8H2,1-3H3. The molecule has 1 aliphatic heterocycles. The molecular weight excluding hydrogens is 284 g/mol. The molecule has 0 aliphatic carbocycles. The Morgan fingerprint density at radius 3 is 2.91 bits per heavy atom. The zero-order chi connectivity index (χ0) is 15.7. The van der Waals surface area contributed by atoms with Crippen LogP contribution in [-0.2, 0) is 24.9 Å². The van der Waals surface area contributed by atoms with Gasteiger partial charge in [-0.15, -0.1) is 5.10 Å². The molecule has 0 saturated carbocycles. The number of amides is 1. The summed E-state index contributed by atoms with van der Waals surface area (Å²) < 4.78 is 8.73. The van der Waals surface area contributed by atoms with Crippen LogP contribution in [0.15, 0.2) is 12.5 Å². The molecule has 8 nitrogen and oxygen atoms in total. The lowest BCUT2D eigenvalue weighted by atomic mass is 9.97. The minimum atomic E-state index is -0.156. The fourth-order valence-corrected chi connectivity index (χ4v) is 2.79. The van der Waals surface area contributed by atoms with Crippen LogP contribution in [0.25, 0.3) is 0 Å². The van der Waals surface area contributed by atoms with Crippen molar-refractivity contribution in [3.05, 3.63) is 29.6 Å². The number of fused-ring (bicyclic) bond motifs is 1. The van der Waals surface area contributed by atoms with Crippen LogP contribution in [-0.4, -0.2) is 55.6 Å². The largest absolute Gasteiger partial charge is 0.384 e. The molecule has 1 unspecified atom stereocenters. The van der Waals surface area contributed by atoms with Crippen molar-refractivity contribution in [1.29, 1.82) is 0 Å². The lowest BCUT2D eigenvalue weighted by Gasteiger charge is -2.30. The summed E-state index contributed by atoms with van der Waals surface area (Å²) in [6.07, 6.45) is 3.54. The highest BCUT2D eigenvalue weighted by molar-refractivity contribution is 5.90. The Bertz CT molecular complexity index is 677. The highest BCUT2D eigenvalue weighted by Crippen LogP contribution is 2.28. The molecular formula is C14H20N6O2. The third kappa shape index (κ3) is 2.61. The Morgan fingerprint density at radius 2 is 2.27 bits per heavy atom. The van der Waals surface area contributed by atoms with Crippen LogP contribution in [0.4, 0.5) is 0 Å². The van der Waals surface area contributed by atoms with Gasteiger partial charge in [0.05, 0.1) is 12.3 Å². The molecule has 2 aromatic rings. The average molecular weight is 304 g/mol. The van der Waals surface area contributed by atoms with Crippen LogP contribution < -0.4 is 0 Å². The molecule has 118 valence electrons. The van der Waals surface area contributed by atoms with E-state index < -0.39 is 0 Å². The first-order chi connectivity index (χ1) is 10.6. The topological polar surface area (TPSA) is 78.1 Å². The number of carbonyl (C=O) groups is 1. The van der Waals surface area contributed by atoms with Gasteiger partial charge < -0.3 is 9.64 Å². The van der Waals surface area contributed by atoms with Gasteiger partial charge >= 0.3 is 0 Å². The van der Waals surface area contributed by atoms with E-state index in [9.17, 15) is 4.79 Å². The first kappa shape index (κ1) is 14.7. The maximum atomic E-state index is 12.6. The minimum absolute atomic E-state index is 0.0780. The number of nitrogens with zero attached hydrogens (tertiary/aromatic N) is 6. The van der Waals surface area contributed by atoms with Crippen molar-refractivity contribution in [2.24, 2.45) is 7.05 Å². The molecule has 0 fully saturated rings. The molecule has 0 spiro atoms. The molecule has 8 heteroatoms. The second-order valence-corrected chi connectivity index (χ2v) is 5.48. The fourth-order valence-electron chi connectivity index (χ4n) is 2.79. The van der Waals surface area contributed by atoms with Gasteiger partial charge in [0.2, 0.25) is 5.82 Å². The average Bonchev–Trinajstić information content (AvgIpc) is 3.12. The van der Waals surface area contributed by atoms with Crippen LogP contribution >= 0.6 is 0 Å².